The van der Waals surface area contributed by atoms with E-state index in [2.05, 4.69) is 149 Å². The molecule has 0 aromatic rings. The molecule has 3 N–H and O–H groups in total. The minimum Gasteiger partial charge on any atom is -0.462 e. The van der Waals surface area contributed by atoms with Gasteiger partial charge in [0.1, 0.15) is 19.3 Å². The van der Waals surface area contributed by atoms with Crippen molar-refractivity contribution in [1.29, 1.82) is 0 Å². The summed E-state index contributed by atoms with van der Waals surface area (Å²) in [5, 5.41) is 10.6. The van der Waals surface area contributed by atoms with Crippen LogP contribution in [0, 0.1) is 0 Å². The number of rotatable bonds is 70. The molecule has 0 rings (SSSR count). The van der Waals surface area contributed by atoms with Crippen molar-refractivity contribution in [3.63, 3.8) is 0 Å². The topological polar surface area (TPSA) is 237 Å². The molecule has 0 aliphatic carbocycles. The van der Waals surface area contributed by atoms with Gasteiger partial charge < -0.3 is 33.8 Å². The average molecular weight is 1420 g/mol. The Hall–Kier alpha value is -4.54. The fourth-order valence-electron chi connectivity index (χ4n) is 9.70. The van der Waals surface area contributed by atoms with E-state index in [9.17, 15) is 43.2 Å². The molecule has 0 saturated carbocycles. The van der Waals surface area contributed by atoms with Crippen molar-refractivity contribution in [2.24, 2.45) is 0 Å². The van der Waals surface area contributed by atoms with Crippen LogP contribution in [0.4, 0.5) is 0 Å². The Balaban J connectivity index is 5.39. The Morgan fingerprint density at radius 1 is 0.296 bits per heavy atom. The van der Waals surface area contributed by atoms with Gasteiger partial charge in [-0.25, -0.2) is 9.13 Å². The Labute approximate surface area is 593 Å². The van der Waals surface area contributed by atoms with Crippen molar-refractivity contribution >= 4 is 39.5 Å². The van der Waals surface area contributed by atoms with Crippen LogP contribution >= 0.6 is 15.6 Å². The van der Waals surface area contributed by atoms with E-state index in [-0.39, 0.29) is 25.7 Å². The molecule has 0 saturated heterocycles. The molecule has 5 unspecified atom stereocenters. The minimum absolute atomic E-state index is 0.0705. The highest BCUT2D eigenvalue weighted by atomic mass is 31.2. The Morgan fingerprint density at radius 3 is 0.857 bits per heavy atom. The predicted molar refractivity (Wildman–Crippen MR) is 399 cm³/mol. The van der Waals surface area contributed by atoms with Crippen LogP contribution in [0.25, 0.3) is 0 Å². The van der Waals surface area contributed by atoms with Crippen LogP contribution in [0.1, 0.15) is 297 Å². The van der Waals surface area contributed by atoms with Crippen molar-refractivity contribution < 1.29 is 80.2 Å². The van der Waals surface area contributed by atoms with Crippen molar-refractivity contribution in [3.8, 4) is 0 Å². The molecule has 0 aromatic heterocycles. The lowest BCUT2D eigenvalue weighted by molar-refractivity contribution is -0.161. The van der Waals surface area contributed by atoms with Crippen molar-refractivity contribution in [3.05, 3.63) is 122 Å². The highest BCUT2D eigenvalue weighted by molar-refractivity contribution is 7.47. The van der Waals surface area contributed by atoms with Crippen LogP contribution < -0.4 is 0 Å². The number of esters is 4. The minimum atomic E-state index is -4.99. The van der Waals surface area contributed by atoms with E-state index in [1.165, 1.54) is 57.8 Å². The fraction of sp³-hybridized carbons (Fsp3) is 0.696. The second-order valence-electron chi connectivity index (χ2n) is 24.8. The Morgan fingerprint density at radius 2 is 0.531 bits per heavy atom. The first-order chi connectivity index (χ1) is 47.7. The lowest BCUT2D eigenvalue weighted by Crippen LogP contribution is -2.30. The van der Waals surface area contributed by atoms with Crippen LogP contribution in [-0.4, -0.2) is 96.7 Å². The molecular weight excluding hydrogens is 1280 g/mol. The van der Waals surface area contributed by atoms with Gasteiger partial charge in [0, 0.05) is 25.7 Å². The number of phosphoric acid groups is 2. The van der Waals surface area contributed by atoms with Gasteiger partial charge in [0.05, 0.1) is 26.4 Å². The predicted octanol–water partition coefficient (Wildman–Crippen LogP) is 21.6. The third kappa shape index (κ3) is 69.9. The molecule has 0 heterocycles. The van der Waals surface area contributed by atoms with E-state index in [1.54, 1.807) is 0 Å². The molecule has 0 fully saturated rings. The van der Waals surface area contributed by atoms with Crippen LogP contribution in [0.3, 0.4) is 0 Å². The fourth-order valence-corrected chi connectivity index (χ4v) is 11.3. The van der Waals surface area contributed by atoms with E-state index in [0.717, 1.165) is 161 Å². The SMILES string of the molecule is CC/C=C\C/C=C\C/C=C\C/C=C\CCCCCCC(=O)OCC(COP(=O)(O)OCC(O)COP(=O)(O)OCC(COC(=O)CCCC/C=C\C/C=C\C/C=C\C/C=C\CC)OC(=O)CCCCCCCCCCCCC)OC(=O)CCCCCCC/C=C\C/C=C\CCCCC. The van der Waals surface area contributed by atoms with E-state index < -0.39 is 97.5 Å². The summed E-state index contributed by atoms with van der Waals surface area (Å²) in [5.74, 6) is -2.26. The van der Waals surface area contributed by atoms with Gasteiger partial charge in [-0.15, -0.1) is 0 Å². The largest absolute Gasteiger partial charge is 0.472 e. The van der Waals surface area contributed by atoms with Gasteiger partial charge in [-0.2, -0.15) is 0 Å². The number of aliphatic hydroxyl groups is 1. The van der Waals surface area contributed by atoms with Crippen molar-refractivity contribution in [2.45, 2.75) is 316 Å². The number of aliphatic hydroxyl groups excluding tert-OH is 1. The maximum absolute atomic E-state index is 13.1. The first kappa shape index (κ1) is 93.5. The zero-order valence-electron chi connectivity index (χ0n) is 61.2. The quantitative estimate of drug-likeness (QED) is 0.0169. The maximum Gasteiger partial charge on any atom is 0.472 e. The summed E-state index contributed by atoms with van der Waals surface area (Å²) in [6, 6.07) is 0. The smallest absolute Gasteiger partial charge is 0.462 e. The molecule has 0 aliphatic rings. The van der Waals surface area contributed by atoms with Crippen LogP contribution in [0.2, 0.25) is 0 Å². The molecule has 0 amide bonds. The molecule has 0 aromatic carbocycles. The number of carbonyl (C=O) groups excluding carboxylic acids is 4. The van der Waals surface area contributed by atoms with Crippen LogP contribution in [0.5, 0.6) is 0 Å². The molecule has 0 aliphatic heterocycles. The van der Waals surface area contributed by atoms with E-state index in [0.29, 0.717) is 25.7 Å². The molecule has 562 valence electrons. The summed E-state index contributed by atoms with van der Waals surface area (Å²) < 4.78 is 68.4. The van der Waals surface area contributed by atoms with Crippen LogP contribution in [0.15, 0.2) is 122 Å². The zero-order chi connectivity index (χ0) is 71.8. The van der Waals surface area contributed by atoms with Crippen molar-refractivity contribution in [2.75, 3.05) is 39.6 Å². The van der Waals surface area contributed by atoms with E-state index >= 15 is 0 Å². The number of allylic oxidation sites excluding steroid dienone is 20. The van der Waals surface area contributed by atoms with Crippen molar-refractivity contribution in [1.82, 2.24) is 0 Å². The molecule has 0 bridgehead atoms. The first-order valence-electron chi connectivity index (χ1n) is 37.8. The lowest BCUT2D eigenvalue weighted by Gasteiger charge is -2.21. The summed E-state index contributed by atoms with van der Waals surface area (Å²) in [4.78, 5) is 72.8. The second-order valence-corrected chi connectivity index (χ2v) is 27.7. The Kier molecular flexibility index (Phi) is 67.6. The van der Waals surface area contributed by atoms with Gasteiger partial charge in [-0.1, -0.05) is 258 Å². The van der Waals surface area contributed by atoms with Gasteiger partial charge in [0.25, 0.3) is 0 Å². The lowest BCUT2D eigenvalue weighted by atomic mass is 10.1. The second kappa shape index (κ2) is 70.9. The zero-order valence-corrected chi connectivity index (χ0v) is 63.0. The number of unbranched alkanes of at least 4 members (excludes halogenated alkanes) is 24. The summed E-state index contributed by atoms with van der Waals surface area (Å²) in [5.41, 5.74) is 0. The standard InChI is InChI=1S/C79H134O17P2/c1-5-9-13-17-21-25-29-32-35-36-39-41-45-48-52-56-60-64-77(82)90-70-75(96-79(84)66-62-58-54-50-46-42-38-34-31-27-23-19-15-11-7-3)72-94-98(87,88)92-68-73(80)67-91-97(85,86)93-71-74(95-78(83)65-61-57-53-49-43-28-24-20-16-12-8-4)69-89-76(81)63-59-55-51-47-44-40-37-33-30-26-22-18-14-10-6-2/h9-10,13-14,21-23,25-27,32-35,37-39,41,44,47,73-75,80H,5-8,11-12,15-20,24,28-31,36,40,42-43,45-46,48-72H2,1-4H3,(H,85,86)(H,87,88)/b13-9-,14-10-,25-21-,26-22-,27-23-,35-32-,37-33-,38-34-,41-39-,47-44-. The molecule has 0 radical (unpaired) electrons. The summed E-state index contributed by atoms with van der Waals surface area (Å²) >= 11 is 0. The molecule has 0 spiro atoms. The maximum atomic E-state index is 13.1. The van der Waals surface area contributed by atoms with E-state index in [4.69, 9.17) is 37.0 Å². The highest BCUT2D eigenvalue weighted by Crippen LogP contribution is 2.45. The Bertz CT molecular complexity index is 2340. The molecular formula is C79H134O17P2. The first-order valence-corrected chi connectivity index (χ1v) is 40.8. The third-order valence-electron chi connectivity index (χ3n) is 15.4. The van der Waals surface area contributed by atoms with Gasteiger partial charge in [-0.05, 0) is 135 Å². The number of hydrogen-bond acceptors (Lipinski definition) is 15. The monoisotopic (exact) mass is 1420 g/mol. The average Bonchev–Trinajstić information content (AvgIpc) is 0.986. The number of carbonyl (C=O) groups is 4. The highest BCUT2D eigenvalue weighted by Gasteiger charge is 2.30. The van der Waals surface area contributed by atoms with Gasteiger partial charge in [0.2, 0.25) is 0 Å². The number of phosphoric ester groups is 2. The van der Waals surface area contributed by atoms with Gasteiger partial charge in [-0.3, -0.25) is 37.3 Å². The normalized spacial score (nSPS) is 14.6. The number of ether oxygens (including phenoxy) is 4. The van der Waals surface area contributed by atoms with Gasteiger partial charge in [0.15, 0.2) is 12.2 Å². The third-order valence-corrected chi connectivity index (χ3v) is 17.3. The van der Waals surface area contributed by atoms with E-state index in [1.807, 2.05) is 0 Å². The van der Waals surface area contributed by atoms with Crippen LogP contribution in [-0.2, 0) is 65.4 Å². The summed E-state index contributed by atoms with van der Waals surface area (Å²) in [6.45, 7) is 4.52. The summed E-state index contributed by atoms with van der Waals surface area (Å²) in [6.07, 6.45) is 76.2. The number of hydrogen-bond donors (Lipinski definition) is 3. The molecule has 5 atom stereocenters. The van der Waals surface area contributed by atoms with Gasteiger partial charge >= 0.3 is 39.5 Å². The molecule has 98 heavy (non-hydrogen) atoms. The molecule has 17 nitrogen and oxygen atoms in total. The molecule has 19 heteroatoms. The summed E-state index contributed by atoms with van der Waals surface area (Å²) in [7, 11) is -9.97.